The first kappa shape index (κ1) is 18.5. The summed E-state index contributed by atoms with van der Waals surface area (Å²) in [4.78, 5) is 23.8. The molecule has 0 radical (unpaired) electrons. The molecule has 0 aliphatic rings. The Bertz CT molecular complexity index is 754. The van der Waals surface area contributed by atoms with E-state index in [0.29, 0.717) is 12.0 Å². The van der Waals surface area contributed by atoms with Crippen LogP contribution in [-0.2, 0) is 14.3 Å². The van der Waals surface area contributed by atoms with Gasteiger partial charge in [0.05, 0.1) is 5.56 Å². The van der Waals surface area contributed by atoms with E-state index in [4.69, 9.17) is 9.47 Å². The van der Waals surface area contributed by atoms with Crippen molar-refractivity contribution in [1.82, 2.24) is 0 Å². The number of ether oxygens (including phenoxy) is 2. The molecule has 1 unspecified atom stereocenters. The molecule has 2 aromatic carbocycles. The molecule has 0 spiro atoms. The Hall–Kier alpha value is -1.83. The molecule has 6 heteroatoms. The predicted octanol–water partition coefficient (Wildman–Crippen LogP) is 3.85. The van der Waals surface area contributed by atoms with Crippen molar-refractivity contribution in [2.24, 2.45) is 0 Å². The molecule has 5 nitrogen and oxygen atoms in total. The van der Waals surface area contributed by atoms with E-state index in [-0.39, 0.29) is 24.9 Å². The van der Waals surface area contributed by atoms with Crippen LogP contribution in [0.1, 0.15) is 30.6 Å². The number of halogens is 1. The van der Waals surface area contributed by atoms with Gasteiger partial charge in [0.25, 0.3) is 0 Å². The zero-order valence-electron chi connectivity index (χ0n) is 13.5. The molecule has 2 rings (SSSR count). The van der Waals surface area contributed by atoms with E-state index < -0.39 is 9.39 Å². The lowest BCUT2D eigenvalue weighted by atomic mass is 10.1. The minimum Gasteiger partial charge on any atom is -0.508 e. The number of carbonyl (C=O) groups excluding carboxylic acids is 2. The summed E-state index contributed by atoms with van der Waals surface area (Å²) in [5, 5.41) is 11.1. The van der Waals surface area contributed by atoms with E-state index in [1.165, 1.54) is 0 Å². The number of hydrogen-bond donors (Lipinski definition) is 1. The van der Waals surface area contributed by atoms with Gasteiger partial charge in [-0.05, 0) is 48.4 Å². The molecule has 0 aliphatic heterocycles. The second-order valence-electron chi connectivity index (χ2n) is 5.57. The number of phenols is 1. The highest BCUT2D eigenvalue weighted by Crippen LogP contribution is 2.24. The van der Waals surface area contributed by atoms with E-state index in [1.807, 2.05) is 6.92 Å². The molecule has 2 aromatic rings. The highest BCUT2D eigenvalue weighted by Gasteiger charge is 2.29. The van der Waals surface area contributed by atoms with E-state index in [2.05, 4.69) is 22.6 Å². The van der Waals surface area contributed by atoms with Crippen molar-refractivity contribution in [1.29, 1.82) is 0 Å². The van der Waals surface area contributed by atoms with Crippen molar-refractivity contribution in [2.45, 2.75) is 23.7 Å². The molecule has 0 amide bonds. The topological polar surface area (TPSA) is 72.8 Å². The lowest BCUT2D eigenvalue weighted by molar-refractivity contribution is -0.146. The maximum absolute atomic E-state index is 12.0. The zero-order chi connectivity index (χ0) is 17.7. The number of carbonyl (C=O) groups is 2. The molecule has 24 heavy (non-hydrogen) atoms. The molecule has 1 N–H and O–H groups in total. The van der Waals surface area contributed by atoms with Gasteiger partial charge in [-0.25, -0.2) is 4.79 Å². The van der Waals surface area contributed by atoms with Crippen LogP contribution in [0.3, 0.4) is 0 Å². The fraction of sp³-hybridized carbons (Fsp3) is 0.333. The van der Waals surface area contributed by atoms with Crippen LogP contribution in [0.15, 0.2) is 36.4 Å². The highest BCUT2D eigenvalue weighted by atomic mass is 127. The largest absolute Gasteiger partial charge is 0.508 e. The second-order valence-corrected chi connectivity index (χ2v) is 7.95. The first-order valence-electron chi connectivity index (χ1n) is 7.59. The third-order valence-corrected chi connectivity index (χ3v) is 4.90. The van der Waals surface area contributed by atoms with Crippen LogP contribution in [0.2, 0.25) is 0 Å². The number of rotatable bonds is 6. The summed E-state index contributed by atoms with van der Waals surface area (Å²) in [5.41, 5.74) is 0.409. The standard InChI is InChI=1S/C18H19IO5/c1-3-18(2,19)17(22)24-9-8-23-16(21)14-5-4-13-11-15(20)7-6-12(13)10-14/h4-7,10-11,20H,3,8-9H2,1-2H3. The number of aromatic hydroxyl groups is 1. The number of hydrogen-bond acceptors (Lipinski definition) is 5. The van der Waals surface area contributed by atoms with Crippen LogP contribution in [0.5, 0.6) is 5.75 Å². The Balaban J connectivity index is 1.89. The van der Waals surface area contributed by atoms with Gasteiger partial charge >= 0.3 is 11.9 Å². The summed E-state index contributed by atoms with van der Waals surface area (Å²) in [6.45, 7) is 3.75. The summed E-state index contributed by atoms with van der Waals surface area (Å²) >= 11 is 2.05. The maximum atomic E-state index is 12.0. The van der Waals surface area contributed by atoms with Gasteiger partial charge in [-0.15, -0.1) is 0 Å². The summed E-state index contributed by atoms with van der Waals surface area (Å²) in [6, 6.07) is 9.99. The van der Waals surface area contributed by atoms with Gasteiger partial charge in [0.2, 0.25) is 0 Å². The van der Waals surface area contributed by atoms with E-state index in [0.717, 1.165) is 10.8 Å². The molecular formula is C18H19IO5. The summed E-state index contributed by atoms with van der Waals surface area (Å²) in [6.07, 6.45) is 0.666. The average molecular weight is 442 g/mol. The SMILES string of the molecule is CCC(C)(I)C(=O)OCCOC(=O)c1ccc2cc(O)ccc2c1. The minimum absolute atomic E-state index is 0.00855. The highest BCUT2D eigenvalue weighted by molar-refractivity contribution is 14.1. The van der Waals surface area contributed by atoms with Crippen LogP contribution < -0.4 is 0 Å². The smallest absolute Gasteiger partial charge is 0.338 e. The minimum atomic E-state index is -0.564. The third-order valence-electron chi connectivity index (χ3n) is 3.70. The Morgan fingerprint density at radius 1 is 1.08 bits per heavy atom. The van der Waals surface area contributed by atoms with Crippen LogP contribution in [0.25, 0.3) is 10.8 Å². The third kappa shape index (κ3) is 4.59. The molecule has 0 aromatic heterocycles. The van der Waals surface area contributed by atoms with Crippen molar-refractivity contribution in [3.63, 3.8) is 0 Å². The summed E-state index contributed by atoms with van der Waals surface area (Å²) < 4.78 is 9.68. The lowest BCUT2D eigenvalue weighted by Crippen LogP contribution is -2.30. The van der Waals surface area contributed by atoms with E-state index >= 15 is 0 Å². The lowest BCUT2D eigenvalue weighted by Gasteiger charge is -2.18. The van der Waals surface area contributed by atoms with E-state index in [1.54, 1.807) is 43.3 Å². The molecule has 0 heterocycles. The molecule has 0 bridgehead atoms. The fourth-order valence-corrected chi connectivity index (χ4v) is 2.16. The number of alkyl halides is 1. The Morgan fingerprint density at radius 2 is 1.71 bits per heavy atom. The van der Waals surface area contributed by atoms with Gasteiger partial charge in [-0.3, -0.25) is 4.79 Å². The van der Waals surface area contributed by atoms with Gasteiger partial charge in [-0.1, -0.05) is 41.6 Å². The quantitative estimate of drug-likeness (QED) is 0.319. The monoisotopic (exact) mass is 442 g/mol. The van der Waals surface area contributed by atoms with Crippen LogP contribution in [0, 0.1) is 0 Å². The van der Waals surface area contributed by atoms with Crippen molar-refractivity contribution in [3.8, 4) is 5.75 Å². The van der Waals surface area contributed by atoms with Gasteiger partial charge in [-0.2, -0.15) is 0 Å². The Labute approximate surface area is 154 Å². The second kappa shape index (κ2) is 7.83. The van der Waals surface area contributed by atoms with Crippen LogP contribution in [-0.4, -0.2) is 33.7 Å². The zero-order valence-corrected chi connectivity index (χ0v) is 15.7. The Kier molecular flexibility index (Phi) is 6.04. The van der Waals surface area contributed by atoms with Crippen molar-refractivity contribution in [2.75, 3.05) is 13.2 Å². The molecule has 0 saturated heterocycles. The van der Waals surface area contributed by atoms with E-state index in [9.17, 15) is 14.7 Å². The van der Waals surface area contributed by atoms with Gasteiger partial charge < -0.3 is 14.6 Å². The van der Waals surface area contributed by atoms with Gasteiger partial charge in [0, 0.05) is 0 Å². The molecule has 0 aliphatic carbocycles. The Morgan fingerprint density at radius 3 is 2.42 bits per heavy atom. The normalized spacial score (nSPS) is 13.3. The predicted molar refractivity (Wildman–Crippen MR) is 99.6 cm³/mol. The number of benzene rings is 2. The van der Waals surface area contributed by atoms with Gasteiger partial charge in [0.1, 0.15) is 22.4 Å². The number of phenolic OH excluding ortho intramolecular Hbond substituents is 1. The molecular weight excluding hydrogens is 423 g/mol. The molecule has 1 atom stereocenters. The van der Waals surface area contributed by atoms with Crippen molar-refractivity contribution >= 4 is 45.3 Å². The molecule has 0 saturated carbocycles. The first-order chi connectivity index (χ1) is 11.3. The summed E-state index contributed by atoms with van der Waals surface area (Å²) in [5.74, 6) is -0.616. The average Bonchev–Trinajstić information content (AvgIpc) is 2.57. The van der Waals surface area contributed by atoms with Crippen molar-refractivity contribution in [3.05, 3.63) is 42.0 Å². The number of esters is 2. The molecule has 128 valence electrons. The fourth-order valence-electron chi connectivity index (χ4n) is 2.01. The van der Waals surface area contributed by atoms with Crippen LogP contribution in [0.4, 0.5) is 0 Å². The number of fused-ring (bicyclic) bond motifs is 1. The first-order valence-corrected chi connectivity index (χ1v) is 8.67. The maximum Gasteiger partial charge on any atom is 0.338 e. The molecule has 0 fully saturated rings. The summed E-state index contributed by atoms with van der Waals surface area (Å²) in [7, 11) is 0. The van der Waals surface area contributed by atoms with Crippen molar-refractivity contribution < 1.29 is 24.2 Å². The van der Waals surface area contributed by atoms with Gasteiger partial charge in [0.15, 0.2) is 0 Å². The van der Waals surface area contributed by atoms with Crippen LogP contribution >= 0.6 is 22.6 Å².